The summed E-state index contributed by atoms with van der Waals surface area (Å²) >= 11 is 0. The Morgan fingerprint density at radius 3 is 2.96 bits per heavy atom. The Labute approximate surface area is 136 Å². The van der Waals surface area contributed by atoms with E-state index in [1.165, 1.54) is 0 Å². The fourth-order valence-corrected chi connectivity index (χ4v) is 6.74. The minimum atomic E-state index is -0.583. The van der Waals surface area contributed by atoms with E-state index in [2.05, 4.69) is 6.07 Å². The molecule has 5 aliphatic rings. The normalized spacial score (nSPS) is 53.8. The molecule has 5 nitrogen and oxygen atoms in total. The molecule has 0 aromatic carbocycles. The molecule has 3 N–H and O–H groups in total. The number of aliphatic hydroxyl groups is 1. The van der Waals surface area contributed by atoms with Crippen LogP contribution in [0.1, 0.15) is 51.4 Å². The summed E-state index contributed by atoms with van der Waals surface area (Å²) in [7, 11) is 0. The van der Waals surface area contributed by atoms with Crippen LogP contribution >= 0.6 is 0 Å². The highest BCUT2D eigenvalue weighted by Crippen LogP contribution is 2.63. The quantitative estimate of drug-likeness (QED) is 0.800. The molecule has 5 rings (SSSR count). The first-order valence-corrected chi connectivity index (χ1v) is 9.15. The SMILES string of the molecule is N#C[C@@H]1CC2C[C@@H]2N1C(=O)[C@@H](N)C12CCC3CC(CC3(O)C1)C2. The third-order valence-corrected chi connectivity index (χ3v) is 7.80. The van der Waals surface area contributed by atoms with Crippen molar-refractivity contribution in [2.45, 2.75) is 75.1 Å². The molecule has 0 spiro atoms. The minimum Gasteiger partial charge on any atom is -0.390 e. The number of carbonyl (C=O) groups is 1. The Morgan fingerprint density at radius 2 is 2.17 bits per heavy atom. The van der Waals surface area contributed by atoms with E-state index in [0.717, 1.165) is 44.9 Å². The van der Waals surface area contributed by atoms with Gasteiger partial charge in [-0.05, 0) is 74.5 Å². The van der Waals surface area contributed by atoms with Crippen LogP contribution in [-0.4, -0.2) is 39.6 Å². The van der Waals surface area contributed by atoms with Gasteiger partial charge in [-0.2, -0.15) is 5.26 Å². The zero-order valence-electron chi connectivity index (χ0n) is 13.4. The van der Waals surface area contributed by atoms with Gasteiger partial charge in [-0.3, -0.25) is 4.79 Å². The summed E-state index contributed by atoms with van der Waals surface area (Å²) in [6.45, 7) is 0. The topological polar surface area (TPSA) is 90.4 Å². The summed E-state index contributed by atoms with van der Waals surface area (Å²) in [6.07, 6.45) is 7.50. The maximum atomic E-state index is 13.1. The van der Waals surface area contributed by atoms with Crippen molar-refractivity contribution in [3.8, 4) is 6.07 Å². The molecule has 4 saturated carbocycles. The molecule has 23 heavy (non-hydrogen) atoms. The first-order valence-electron chi connectivity index (χ1n) is 9.15. The van der Waals surface area contributed by atoms with Crippen molar-refractivity contribution in [2.24, 2.45) is 28.9 Å². The number of nitrogens with two attached hydrogens (primary N) is 1. The van der Waals surface area contributed by atoms with Crippen molar-refractivity contribution < 1.29 is 9.90 Å². The van der Waals surface area contributed by atoms with Gasteiger partial charge in [-0.1, -0.05) is 0 Å². The molecular weight excluding hydrogens is 290 g/mol. The molecule has 4 aliphatic carbocycles. The number of fused-ring (bicyclic) bond motifs is 3. The summed E-state index contributed by atoms with van der Waals surface area (Å²) < 4.78 is 0. The summed E-state index contributed by atoms with van der Waals surface area (Å²) in [6, 6.07) is 1.72. The zero-order chi connectivity index (χ0) is 16.0. The molecule has 124 valence electrons. The van der Waals surface area contributed by atoms with E-state index in [9.17, 15) is 15.2 Å². The average molecular weight is 315 g/mol. The Kier molecular flexibility index (Phi) is 2.65. The van der Waals surface area contributed by atoms with Gasteiger partial charge >= 0.3 is 0 Å². The van der Waals surface area contributed by atoms with E-state index in [4.69, 9.17) is 5.73 Å². The standard InChI is InChI=1S/C18H25N3O2/c19-8-13-4-11-5-14(11)21(13)16(22)15(20)17-2-1-12-3-10(6-17)7-18(12,23)9-17/h10-15,23H,1-7,9,20H2/t10?,11?,12?,13-,14-,15+,17?,18?/m0/s1. The van der Waals surface area contributed by atoms with Crippen LogP contribution in [0.3, 0.4) is 0 Å². The molecule has 0 radical (unpaired) electrons. The fourth-order valence-electron chi connectivity index (χ4n) is 6.74. The lowest BCUT2D eigenvalue weighted by Gasteiger charge is -2.52. The van der Waals surface area contributed by atoms with Gasteiger partial charge in [0.25, 0.3) is 0 Å². The third-order valence-electron chi connectivity index (χ3n) is 7.80. The largest absolute Gasteiger partial charge is 0.390 e. The molecule has 0 aromatic rings. The van der Waals surface area contributed by atoms with Crippen LogP contribution in [0.2, 0.25) is 0 Å². The molecule has 1 aliphatic heterocycles. The van der Waals surface area contributed by atoms with Crippen LogP contribution < -0.4 is 5.73 Å². The second-order valence-electron chi connectivity index (χ2n) is 9.06. The summed E-state index contributed by atoms with van der Waals surface area (Å²) in [4.78, 5) is 14.9. The maximum Gasteiger partial charge on any atom is 0.241 e. The lowest BCUT2D eigenvalue weighted by atomic mass is 9.57. The minimum absolute atomic E-state index is 0.0232. The van der Waals surface area contributed by atoms with Gasteiger partial charge in [0.2, 0.25) is 5.91 Å². The first kappa shape index (κ1) is 14.2. The van der Waals surface area contributed by atoms with E-state index in [1.807, 2.05) is 0 Å². The summed E-state index contributed by atoms with van der Waals surface area (Å²) in [5.41, 5.74) is 5.72. The highest BCUT2D eigenvalue weighted by atomic mass is 16.3. The number of hydrogen-bond acceptors (Lipinski definition) is 4. The monoisotopic (exact) mass is 315 g/mol. The first-order chi connectivity index (χ1) is 11.0. The number of hydrogen-bond donors (Lipinski definition) is 2. The van der Waals surface area contributed by atoms with Crippen molar-refractivity contribution in [3.63, 3.8) is 0 Å². The molecule has 5 fully saturated rings. The molecule has 0 aromatic heterocycles. The Balaban J connectivity index is 1.43. The molecule has 1 amide bonds. The highest BCUT2D eigenvalue weighted by Gasteiger charge is 2.63. The zero-order valence-corrected chi connectivity index (χ0v) is 13.4. The van der Waals surface area contributed by atoms with Crippen molar-refractivity contribution in [1.82, 2.24) is 4.90 Å². The van der Waals surface area contributed by atoms with Gasteiger partial charge in [0.05, 0.1) is 17.7 Å². The van der Waals surface area contributed by atoms with E-state index >= 15 is 0 Å². The molecule has 5 unspecified atom stereocenters. The van der Waals surface area contributed by atoms with E-state index in [-0.39, 0.29) is 23.4 Å². The number of piperidine rings is 1. The molecule has 1 saturated heterocycles. The number of amides is 1. The van der Waals surface area contributed by atoms with Crippen LogP contribution in [0, 0.1) is 34.5 Å². The number of nitrogens with zero attached hydrogens (tertiary/aromatic N) is 2. The lowest BCUT2D eigenvalue weighted by Crippen LogP contribution is -2.60. The number of carbonyl (C=O) groups excluding carboxylic acids is 1. The number of likely N-dealkylation sites (tertiary alicyclic amines) is 1. The number of nitriles is 1. The van der Waals surface area contributed by atoms with Crippen molar-refractivity contribution in [2.75, 3.05) is 0 Å². The number of rotatable bonds is 2. The van der Waals surface area contributed by atoms with Crippen LogP contribution in [0.4, 0.5) is 0 Å². The van der Waals surface area contributed by atoms with Crippen LogP contribution in [-0.2, 0) is 4.79 Å². The average Bonchev–Trinajstić information content (AvgIpc) is 3.15. The summed E-state index contributed by atoms with van der Waals surface area (Å²) in [5, 5.41) is 20.4. The third kappa shape index (κ3) is 1.77. The second-order valence-corrected chi connectivity index (χ2v) is 9.06. The fraction of sp³-hybridized carbons (Fsp3) is 0.889. The van der Waals surface area contributed by atoms with E-state index in [1.54, 1.807) is 4.90 Å². The van der Waals surface area contributed by atoms with Crippen molar-refractivity contribution in [1.29, 1.82) is 5.26 Å². The smallest absolute Gasteiger partial charge is 0.241 e. The van der Waals surface area contributed by atoms with Crippen LogP contribution in [0.15, 0.2) is 0 Å². The van der Waals surface area contributed by atoms with Crippen LogP contribution in [0.25, 0.3) is 0 Å². The molecule has 3 bridgehead atoms. The van der Waals surface area contributed by atoms with Gasteiger partial charge in [0.1, 0.15) is 6.04 Å². The second kappa shape index (κ2) is 4.29. The van der Waals surface area contributed by atoms with E-state index in [0.29, 0.717) is 24.2 Å². The maximum absolute atomic E-state index is 13.1. The Bertz CT molecular complexity index is 616. The van der Waals surface area contributed by atoms with Gasteiger partial charge in [-0.15, -0.1) is 0 Å². The highest BCUT2D eigenvalue weighted by molar-refractivity contribution is 5.84. The Morgan fingerprint density at radius 1 is 1.35 bits per heavy atom. The van der Waals surface area contributed by atoms with Gasteiger partial charge in [-0.25, -0.2) is 0 Å². The van der Waals surface area contributed by atoms with Gasteiger partial charge < -0.3 is 15.7 Å². The molecular formula is C18H25N3O2. The van der Waals surface area contributed by atoms with Gasteiger partial charge in [0, 0.05) is 6.04 Å². The van der Waals surface area contributed by atoms with Crippen molar-refractivity contribution >= 4 is 5.91 Å². The predicted molar refractivity (Wildman–Crippen MR) is 82.8 cm³/mol. The van der Waals surface area contributed by atoms with Gasteiger partial charge in [0.15, 0.2) is 0 Å². The molecule has 1 heterocycles. The van der Waals surface area contributed by atoms with Crippen LogP contribution in [0.5, 0.6) is 0 Å². The lowest BCUT2D eigenvalue weighted by molar-refractivity contribution is -0.146. The molecule has 8 atom stereocenters. The van der Waals surface area contributed by atoms with Crippen molar-refractivity contribution in [3.05, 3.63) is 0 Å². The Hall–Kier alpha value is -1.12. The van der Waals surface area contributed by atoms with E-state index < -0.39 is 11.6 Å². The molecule has 5 heteroatoms. The summed E-state index contributed by atoms with van der Waals surface area (Å²) in [5.74, 6) is 1.44. The predicted octanol–water partition coefficient (Wildman–Crippen LogP) is 1.16.